The van der Waals surface area contributed by atoms with Gasteiger partial charge in [0.05, 0.1) is 12.7 Å². The summed E-state index contributed by atoms with van der Waals surface area (Å²) in [5.41, 5.74) is 2.07. The van der Waals surface area contributed by atoms with Crippen molar-refractivity contribution < 1.29 is 14.2 Å². The molecule has 28 heavy (non-hydrogen) atoms. The van der Waals surface area contributed by atoms with Crippen LogP contribution in [0.4, 0.5) is 0 Å². The van der Waals surface area contributed by atoms with E-state index in [1.54, 1.807) is 0 Å². The largest absolute Gasteiger partial charge is 0.490 e. The van der Waals surface area contributed by atoms with Crippen LogP contribution in [0, 0.1) is 0 Å². The number of rotatable bonds is 12. The first-order chi connectivity index (χ1) is 13.5. The summed E-state index contributed by atoms with van der Waals surface area (Å²) < 4.78 is 18.3. The Labute approximate surface area is 181 Å². The Morgan fingerprint density at radius 3 is 2.54 bits per heavy atom. The smallest absolute Gasteiger partial charge is 0.162 e. The zero-order valence-corrected chi connectivity index (χ0v) is 19.1. The third-order valence-corrected chi connectivity index (χ3v) is 5.13. The van der Waals surface area contributed by atoms with E-state index in [0.717, 1.165) is 47.5 Å². The topological polar surface area (TPSA) is 39.7 Å². The SMILES string of the molecule is CCOc1cc(CNCCCOC(C)C)c(Br)cc1OCc1ccccc1Cl. The summed E-state index contributed by atoms with van der Waals surface area (Å²) >= 11 is 9.87. The van der Waals surface area contributed by atoms with E-state index in [1.165, 1.54) is 0 Å². The summed E-state index contributed by atoms with van der Waals surface area (Å²) in [6, 6.07) is 11.7. The second-order valence-corrected chi connectivity index (χ2v) is 7.91. The van der Waals surface area contributed by atoms with Crippen LogP contribution in [0.15, 0.2) is 40.9 Å². The molecule has 1 N–H and O–H groups in total. The van der Waals surface area contributed by atoms with Gasteiger partial charge in [-0.15, -0.1) is 0 Å². The van der Waals surface area contributed by atoms with Gasteiger partial charge in [0.2, 0.25) is 0 Å². The highest BCUT2D eigenvalue weighted by molar-refractivity contribution is 9.10. The first-order valence-electron chi connectivity index (χ1n) is 9.65. The molecule has 0 unspecified atom stereocenters. The van der Waals surface area contributed by atoms with Crippen LogP contribution in [0.2, 0.25) is 5.02 Å². The van der Waals surface area contributed by atoms with Gasteiger partial charge in [-0.25, -0.2) is 0 Å². The van der Waals surface area contributed by atoms with Gasteiger partial charge in [0.1, 0.15) is 6.61 Å². The van der Waals surface area contributed by atoms with Crippen molar-refractivity contribution in [3.8, 4) is 11.5 Å². The maximum atomic E-state index is 6.22. The van der Waals surface area contributed by atoms with Crippen LogP contribution in [0.1, 0.15) is 38.3 Å². The van der Waals surface area contributed by atoms with Gasteiger partial charge in [0.15, 0.2) is 11.5 Å². The van der Waals surface area contributed by atoms with Gasteiger partial charge in [-0.1, -0.05) is 45.7 Å². The van der Waals surface area contributed by atoms with Crippen LogP contribution in [0.25, 0.3) is 0 Å². The molecule has 6 heteroatoms. The van der Waals surface area contributed by atoms with Gasteiger partial charge in [-0.2, -0.15) is 0 Å². The fourth-order valence-electron chi connectivity index (χ4n) is 2.60. The second-order valence-electron chi connectivity index (χ2n) is 6.65. The lowest BCUT2D eigenvalue weighted by Gasteiger charge is -2.16. The number of hydrogen-bond donors (Lipinski definition) is 1. The lowest BCUT2D eigenvalue weighted by molar-refractivity contribution is 0.0770. The molecule has 2 aromatic rings. The average molecular weight is 471 g/mol. The van der Waals surface area contributed by atoms with Crippen LogP contribution < -0.4 is 14.8 Å². The summed E-state index contributed by atoms with van der Waals surface area (Å²) in [6.45, 7) is 9.44. The maximum Gasteiger partial charge on any atom is 0.162 e. The van der Waals surface area contributed by atoms with Crippen molar-refractivity contribution in [2.45, 2.75) is 46.4 Å². The fourth-order valence-corrected chi connectivity index (χ4v) is 3.26. The molecule has 0 aliphatic carbocycles. The third kappa shape index (κ3) is 7.63. The van der Waals surface area contributed by atoms with Crippen molar-refractivity contribution in [1.82, 2.24) is 5.32 Å². The summed E-state index contributed by atoms with van der Waals surface area (Å²) in [5, 5.41) is 4.14. The zero-order valence-electron chi connectivity index (χ0n) is 16.8. The Morgan fingerprint density at radius 2 is 1.82 bits per heavy atom. The van der Waals surface area contributed by atoms with Gasteiger partial charge in [0.25, 0.3) is 0 Å². The van der Waals surface area contributed by atoms with Crippen molar-refractivity contribution in [1.29, 1.82) is 0 Å². The van der Waals surface area contributed by atoms with Crippen LogP contribution in [-0.4, -0.2) is 25.9 Å². The molecule has 0 bridgehead atoms. The van der Waals surface area contributed by atoms with Crippen molar-refractivity contribution in [3.05, 3.63) is 57.0 Å². The van der Waals surface area contributed by atoms with E-state index in [9.17, 15) is 0 Å². The van der Waals surface area contributed by atoms with Gasteiger partial charge in [-0.05, 0) is 57.5 Å². The fraction of sp³-hybridized carbons (Fsp3) is 0.455. The van der Waals surface area contributed by atoms with E-state index >= 15 is 0 Å². The van der Waals surface area contributed by atoms with Gasteiger partial charge < -0.3 is 19.5 Å². The summed E-state index contributed by atoms with van der Waals surface area (Å²) in [5.74, 6) is 1.43. The highest BCUT2D eigenvalue weighted by atomic mass is 79.9. The predicted molar refractivity (Wildman–Crippen MR) is 119 cm³/mol. The molecule has 0 saturated heterocycles. The molecule has 0 aromatic heterocycles. The Balaban J connectivity index is 1.97. The number of hydrogen-bond acceptors (Lipinski definition) is 4. The monoisotopic (exact) mass is 469 g/mol. The van der Waals surface area contributed by atoms with Crippen LogP contribution >= 0.6 is 27.5 Å². The highest BCUT2D eigenvalue weighted by Gasteiger charge is 2.12. The molecule has 0 amide bonds. The molecule has 2 rings (SSSR count). The number of nitrogens with one attached hydrogen (secondary N) is 1. The summed E-state index contributed by atoms with van der Waals surface area (Å²) in [6.07, 6.45) is 1.26. The molecular formula is C22H29BrClNO3. The normalized spacial score (nSPS) is 11.1. The van der Waals surface area contributed by atoms with Crippen molar-refractivity contribution in [3.63, 3.8) is 0 Å². The van der Waals surface area contributed by atoms with Crippen LogP contribution in [-0.2, 0) is 17.9 Å². The second kappa shape index (κ2) is 12.3. The van der Waals surface area contributed by atoms with Crippen molar-refractivity contribution in [2.24, 2.45) is 0 Å². The average Bonchev–Trinajstić information content (AvgIpc) is 2.66. The van der Waals surface area contributed by atoms with E-state index in [-0.39, 0.29) is 6.10 Å². The van der Waals surface area contributed by atoms with E-state index < -0.39 is 0 Å². The first kappa shape index (κ1) is 23.0. The zero-order chi connectivity index (χ0) is 20.4. The Morgan fingerprint density at radius 1 is 1.07 bits per heavy atom. The maximum absolute atomic E-state index is 6.22. The standard InChI is InChI=1S/C22H29BrClNO3/c1-4-26-21-12-18(14-25-10-7-11-27-16(2)3)19(23)13-22(21)28-15-17-8-5-6-9-20(17)24/h5-6,8-9,12-13,16,25H,4,7,10-11,14-15H2,1-3H3. The molecular weight excluding hydrogens is 442 g/mol. The molecule has 0 atom stereocenters. The quantitative estimate of drug-likeness (QED) is 0.387. The molecule has 0 spiro atoms. The molecule has 0 aliphatic rings. The number of benzene rings is 2. The molecule has 0 fully saturated rings. The van der Waals surface area contributed by atoms with Gasteiger partial charge in [0, 0.05) is 28.2 Å². The minimum absolute atomic E-state index is 0.279. The van der Waals surface area contributed by atoms with Crippen LogP contribution in [0.5, 0.6) is 11.5 Å². The first-order valence-corrected chi connectivity index (χ1v) is 10.8. The minimum Gasteiger partial charge on any atom is -0.490 e. The molecule has 4 nitrogen and oxygen atoms in total. The Hall–Kier alpha value is -1.27. The van der Waals surface area contributed by atoms with E-state index in [2.05, 4.69) is 35.1 Å². The van der Waals surface area contributed by atoms with Crippen LogP contribution in [0.3, 0.4) is 0 Å². The molecule has 0 saturated carbocycles. The Kier molecular flexibility index (Phi) is 10.1. The van der Waals surface area contributed by atoms with Crippen molar-refractivity contribution in [2.75, 3.05) is 19.8 Å². The highest BCUT2D eigenvalue weighted by Crippen LogP contribution is 2.34. The molecule has 2 aromatic carbocycles. The van der Waals surface area contributed by atoms with E-state index in [4.69, 9.17) is 25.8 Å². The number of halogens is 2. The van der Waals surface area contributed by atoms with Gasteiger partial charge in [-0.3, -0.25) is 0 Å². The number of ether oxygens (including phenoxy) is 3. The third-order valence-electron chi connectivity index (χ3n) is 4.02. The molecule has 0 aliphatic heterocycles. The summed E-state index contributed by atoms with van der Waals surface area (Å²) in [7, 11) is 0. The van der Waals surface area contributed by atoms with Crippen molar-refractivity contribution >= 4 is 27.5 Å². The lowest BCUT2D eigenvalue weighted by atomic mass is 10.2. The van der Waals surface area contributed by atoms with Gasteiger partial charge >= 0.3 is 0 Å². The predicted octanol–water partition coefficient (Wildman–Crippen LogP) is 5.98. The van der Waals surface area contributed by atoms with E-state index in [1.807, 2.05) is 43.3 Å². The molecule has 154 valence electrons. The summed E-state index contributed by atoms with van der Waals surface area (Å²) in [4.78, 5) is 0. The Bertz CT molecular complexity index is 740. The molecule has 0 heterocycles. The van der Waals surface area contributed by atoms with E-state index in [0.29, 0.717) is 24.0 Å². The minimum atomic E-state index is 0.279. The lowest BCUT2D eigenvalue weighted by Crippen LogP contribution is -2.17. The molecule has 0 radical (unpaired) electrons.